The minimum absolute atomic E-state index is 0.0583. The summed E-state index contributed by atoms with van der Waals surface area (Å²) >= 11 is 0. The topological polar surface area (TPSA) is 24.9 Å². The third-order valence-electron chi connectivity index (χ3n) is 1.78. The number of hydrogen-bond acceptors (Lipinski definition) is 2. The summed E-state index contributed by atoms with van der Waals surface area (Å²) in [5.74, 6) is 0. The van der Waals surface area contributed by atoms with Crippen LogP contribution in [0, 0.1) is 0 Å². The fourth-order valence-electron chi connectivity index (χ4n) is 1.04. The Labute approximate surface area is 76.0 Å². The maximum absolute atomic E-state index is 11.8. The van der Waals surface area contributed by atoms with Crippen LogP contribution in [-0.2, 0) is 0 Å². The molecule has 1 aromatic heterocycles. The first-order chi connectivity index (χ1) is 6.20. The lowest BCUT2D eigenvalue weighted by Gasteiger charge is -2.12. The predicted octanol–water partition coefficient (Wildman–Crippen LogP) is 2.00. The molecule has 1 N–H and O–H groups in total. The Hall–Kier alpha value is -1.03. The van der Waals surface area contributed by atoms with Crippen LogP contribution in [0.3, 0.4) is 0 Å². The molecule has 0 aliphatic carbocycles. The van der Waals surface area contributed by atoms with E-state index in [4.69, 9.17) is 0 Å². The summed E-state index contributed by atoms with van der Waals surface area (Å²) in [6, 6.07) is 3.56. The number of hydrogen-bond donors (Lipinski definition) is 1. The van der Waals surface area contributed by atoms with Crippen LogP contribution in [0.25, 0.3) is 0 Å². The first kappa shape index (κ1) is 10.1. The molecule has 0 aliphatic heterocycles. The van der Waals surface area contributed by atoms with Gasteiger partial charge in [0, 0.05) is 18.4 Å². The van der Waals surface area contributed by atoms with Crippen molar-refractivity contribution < 1.29 is 8.78 Å². The number of halogens is 2. The fourth-order valence-corrected chi connectivity index (χ4v) is 1.04. The average Bonchev–Trinajstić information content (AvgIpc) is 2.15. The maximum atomic E-state index is 11.8. The summed E-state index contributed by atoms with van der Waals surface area (Å²) in [7, 11) is 0. The number of rotatable bonds is 4. The average molecular weight is 186 g/mol. The summed E-state index contributed by atoms with van der Waals surface area (Å²) < 4.78 is 23.7. The molecule has 0 radical (unpaired) electrons. The van der Waals surface area contributed by atoms with Gasteiger partial charge in [-0.3, -0.25) is 4.98 Å². The molecule has 0 amide bonds. The van der Waals surface area contributed by atoms with Gasteiger partial charge in [0.1, 0.15) is 0 Å². The van der Waals surface area contributed by atoms with E-state index in [0.717, 1.165) is 5.56 Å². The van der Waals surface area contributed by atoms with Crippen molar-refractivity contribution in [3.8, 4) is 0 Å². The molecule has 0 saturated heterocycles. The molecule has 0 bridgehead atoms. The van der Waals surface area contributed by atoms with E-state index in [0.29, 0.717) is 0 Å². The molecule has 1 heterocycles. The standard InChI is InChI=1S/C9H12F2N2/c1-7(13-6-9(10)11)8-2-4-12-5-3-8/h2-5,7,9,13H,6H2,1H3/t7-/m0/s1. The lowest BCUT2D eigenvalue weighted by Crippen LogP contribution is -2.24. The zero-order valence-electron chi connectivity index (χ0n) is 7.37. The molecule has 72 valence electrons. The van der Waals surface area contributed by atoms with Crippen molar-refractivity contribution in [2.24, 2.45) is 0 Å². The highest BCUT2D eigenvalue weighted by Crippen LogP contribution is 2.09. The SMILES string of the molecule is C[C@H](NCC(F)F)c1ccncc1. The van der Waals surface area contributed by atoms with E-state index >= 15 is 0 Å². The number of nitrogens with one attached hydrogen (secondary N) is 1. The van der Waals surface area contributed by atoms with E-state index in [9.17, 15) is 8.78 Å². The maximum Gasteiger partial charge on any atom is 0.250 e. The first-order valence-electron chi connectivity index (χ1n) is 4.11. The predicted molar refractivity (Wildman–Crippen MR) is 46.7 cm³/mol. The van der Waals surface area contributed by atoms with Gasteiger partial charge < -0.3 is 5.32 Å². The molecule has 0 aliphatic rings. The van der Waals surface area contributed by atoms with Gasteiger partial charge >= 0.3 is 0 Å². The van der Waals surface area contributed by atoms with Crippen molar-refractivity contribution in [1.29, 1.82) is 0 Å². The molecular formula is C9H12F2N2. The summed E-state index contributed by atoms with van der Waals surface area (Å²) in [5, 5.41) is 2.72. The Balaban J connectivity index is 2.44. The molecule has 0 unspecified atom stereocenters. The Morgan fingerprint density at radius 3 is 2.54 bits per heavy atom. The lowest BCUT2D eigenvalue weighted by molar-refractivity contribution is 0.142. The van der Waals surface area contributed by atoms with Gasteiger partial charge in [-0.15, -0.1) is 0 Å². The second-order valence-electron chi connectivity index (χ2n) is 2.80. The van der Waals surface area contributed by atoms with Crippen LogP contribution in [0.5, 0.6) is 0 Å². The molecule has 1 rings (SSSR count). The van der Waals surface area contributed by atoms with Crippen LogP contribution in [-0.4, -0.2) is 18.0 Å². The highest BCUT2D eigenvalue weighted by molar-refractivity contribution is 5.13. The van der Waals surface area contributed by atoms with Gasteiger partial charge in [-0.05, 0) is 24.6 Å². The van der Waals surface area contributed by atoms with Crippen molar-refractivity contribution in [3.05, 3.63) is 30.1 Å². The van der Waals surface area contributed by atoms with E-state index < -0.39 is 6.43 Å². The van der Waals surface area contributed by atoms with Crippen molar-refractivity contribution in [3.63, 3.8) is 0 Å². The molecule has 0 spiro atoms. The Morgan fingerprint density at radius 2 is 2.00 bits per heavy atom. The van der Waals surface area contributed by atoms with Crippen molar-refractivity contribution in [1.82, 2.24) is 10.3 Å². The number of nitrogens with zero attached hydrogens (tertiary/aromatic N) is 1. The van der Waals surface area contributed by atoms with Crippen molar-refractivity contribution in [2.45, 2.75) is 19.4 Å². The van der Waals surface area contributed by atoms with Crippen molar-refractivity contribution in [2.75, 3.05) is 6.54 Å². The van der Waals surface area contributed by atoms with Gasteiger partial charge in [-0.1, -0.05) is 0 Å². The molecule has 2 nitrogen and oxygen atoms in total. The summed E-state index contributed by atoms with van der Waals surface area (Å²) in [6.45, 7) is 1.57. The van der Waals surface area contributed by atoms with Crippen molar-refractivity contribution >= 4 is 0 Å². The molecule has 4 heteroatoms. The van der Waals surface area contributed by atoms with Crippen LogP contribution in [0.15, 0.2) is 24.5 Å². The van der Waals surface area contributed by atoms with E-state index in [-0.39, 0.29) is 12.6 Å². The second kappa shape index (κ2) is 4.87. The summed E-state index contributed by atoms with van der Waals surface area (Å²) in [5.41, 5.74) is 0.968. The smallest absolute Gasteiger partial charge is 0.250 e. The van der Waals surface area contributed by atoms with E-state index in [2.05, 4.69) is 10.3 Å². The van der Waals surface area contributed by atoms with Crippen LogP contribution in [0.2, 0.25) is 0 Å². The Bertz CT molecular complexity index is 239. The van der Waals surface area contributed by atoms with Crippen LogP contribution in [0.4, 0.5) is 8.78 Å². The van der Waals surface area contributed by atoms with Crippen LogP contribution < -0.4 is 5.32 Å². The molecule has 0 fully saturated rings. The third kappa shape index (κ3) is 3.46. The second-order valence-corrected chi connectivity index (χ2v) is 2.80. The molecular weight excluding hydrogens is 174 g/mol. The quantitative estimate of drug-likeness (QED) is 0.777. The van der Waals surface area contributed by atoms with Gasteiger partial charge in [0.2, 0.25) is 0 Å². The van der Waals surface area contributed by atoms with Gasteiger partial charge in [-0.25, -0.2) is 8.78 Å². The molecule has 0 saturated carbocycles. The number of pyridine rings is 1. The minimum atomic E-state index is -2.30. The Kier molecular flexibility index (Phi) is 3.76. The van der Waals surface area contributed by atoms with Gasteiger partial charge in [-0.2, -0.15) is 0 Å². The normalized spacial score (nSPS) is 13.2. The number of alkyl halides is 2. The zero-order chi connectivity index (χ0) is 9.68. The molecule has 13 heavy (non-hydrogen) atoms. The summed E-state index contributed by atoms with van der Waals surface area (Å²) in [4.78, 5) is 3.85. The highest BCUT2D eigenvalue weighted by atomic mass is 19.3. The third-order valence-corrected chi connectivity index (χ3v) is 1.78. The zero-order valence-corrected chi connectivity index (χ0v) is 7.37. The monoisotopic (exact) mass is 186 g/mol. The van der Waals surface area contributed by atoms with E-state index in [1.807, 2.05) is 19.1 Å². The molecule has 1 atom stereocenters. The van der Waals surface area contributed by atoms with Gasteiger partial charge in [0.05, 0.1) is 6.54 Å². The first-order valence-corrected chi connectivity index (χ1v) is 4.11. The highest BCUT2D eigenvalue weighted by Gasteiger charge is 2.07. The number of aromatic nitrogens is 1. The molecule has 1 aromatic rings. The molecule has 0 aromatic carbocycles. The van der Waals surface area contributed by atoms with Gasteiger partial charge in [0.25, 0.3) is 6.43 Å². The summed E-state index contributed by atoms with van der Waals surface area (Å²) in [6.07, 6.45) is 0.996. The Morgan fingerprint density at radius 1 is 1.38 bits per heavy atom. The van der Waals surface area contributed by atoms with E-state index in [1.165, 1.54) is 0 Å². The minimum Gasteiger partial charge on any atom is -0.305 e. The van der Waals surface area contributed by atoms with Gasteiger partial charge in [0.15, 0.2) is 0 Å². The fraction of sp³-hybridized carbons (Fsp3) is 0.444. The van der Waals surface area contributed by atoms with Crippen LogP contribution in [0.1, 0.15) is 18.5 Å². The van der Waals surface area contributed by atoms with Crippen LogP contribution >= 0.6 is 0 Å². The van der Waals surface area contributed by atoms with E-state index in [1.54, 1.807) is 12.4 Å². The lowest BCUT2D eigenvalue weighted by atomic mass is 10.1. The largest absolute Gasteiger partial charge is 0.305 e.